The van der Waals surface area contributed by atoms with Crippen molar-refractivity contribution >= 4 is 11.3 Å². The fraction of sp³-hybridized carbons (Fsp3) is 0.727. The average molecular weight is 226 g/mol. The van der Waals surface area contributed by atoms with E-state index in [0.717, 1.165) is 30.0 Å². The summed E-state index contributed by atoms with van der Waals surface area (Å²) >= 11 is 1.68. The molecule has 3 nitrogen and oxygen atoms in total. The van der Waals surface area contributed by atoms with Crippen molar-refractivity contribution in [3.63, 3.8) is 0 Å². The summed E-state index contributed by atoms with van der Waals surface area (Å²) in [5.41, 5.74) is 6.96. The maximum atomic E-state index is 5.90. The molecule has 15 heavy (non-hydrogen) atoms. The molecule has 1 aliphatic rings. The van der Waals surface area contributed by atoms with E-state index in [2.05, 4.69) is 10.4 Å². The molecule has 0 spiro atoms. The van der Waals surface area contributed by atoms with Gasteiger partial charge in [-0.15, -0.1) is 11.3 Å². The van der Waals surface area contributed by atoms with E-state index >= 15 is 0 Å². The van der Waals surface area contributed by atoms with Gasteiger partial charge in [-0.2, -0.15) is 0 Å². The molecule has 0 aliphatic heterocycles. The molecule has 1 saturated carbocycles. The van der Waals surface area contributed by atoms with Crippen molar-refractivity contribution in [2.45, 2.75) is 51.4 Å². The summed E-state index contributed by atoms with van der Waals surface area (Å²) in [5.74, 6) is 0. The molecule has 1 heterocycles. The van der Waals surface area contributed by atoms with Gasteiger partial charge in [0.25, 0.3) is 0 Å². The van der Waals surface area contributed by atoms with Gasteiger partial charge in [0.1, 0.15) is 0 Å². The van der Waals surface area contributed by atoms with Gasteiger partial charge in [0.2, 0.25) is 0 Å². The van der Waals surface area contributed by atoms with Crippen molar-refractivity contribution in [3.8, 4) is 0 Å². The summed E-state index contributed by atoms with van der Waals surface area (Å²) < 4.78 is 5.82. The molecule has 84 valence electrons. The molecule has 0 bridgehead atoms. The first-order chi connectivity index (χ1) is 7.24. The third kappa shape index (κ3) is 3.26. The molecule has 1 fully saturated rings. The van der Waals surface area contributed by atoms with Crippen LogP contribution >= 0.6 is 11.3 Å². The number of aromatic nitrogens is 1. The van der Waals surface area contributed by atoms with Crippen molar-refractivity contribution in [2.24, 2.45) is 5.73 Å². The average Bonchev–Trinajstić information content (AvgIpc) is 2.62. The number of nitrogens with zero attached hydrogens (tertiary/aromatic N) is 1. The van der Waals surface area contributed by atoms with Gasteiger partial charge in [0.15, 0.2) is 0 Å². The van der Waals surface area contributed by atoms with E-state index in [0.29, 0.717) is 18.8 Å². The van der Waals surface area contributed by atoms with Crippen LogP contribution in [0.2, 0.25) is 0 Å². The van der Waals surface area contributed by atoms with Gasteiger partial charge in [-0.3, -0.25) is 0 Å². The Balaban J connectivity index is 1.77. The molecular weight excluding hydrogens is 208 g/mol. The molecule has 0 aromatic carbocycles. The van der Waals surface area contributed by atoms with Gasteiger partial charge in [-0.05, 0) is 32.6 Å². The normalized spacial score (nSPS) is 26.8. The number of hydrogen-bond acceptors (Lipinski definition) is 4. The minimum Gasteiger partial charge on any atom is -0.372 e. The predicted molar refractivity (Wildman–Crippen MR) is 61.9 cm³/mol. The number of ether oxygens (including phenoxy) is 1. The minimum atomic E-state index is 0.334. The van der Waals surface area contributed by atoms with Crippen molar-refractivity contribution in [3.05, 3.63) is 16.1 Å². The zero-order valence-electron chi connectivity index (χ0n) is 9.11. The quantitative estimate of drug-likeness (QED) is 0.860. The lowest BCUT2D eigenvalue weighted by molar-refractivity contribution is 0.0109. The highest BCUT2D eigenvalue weighted by Gasteiger charge is 2.19. The van der Waals surface area contributed by atoms with Gasteiger partial charge in [0, 0.05) is 11.4 Å². The molecule has 2 N–H and O–H groups in total. The lowest BCUT2D eigenvalue weighted by atomic mass is 9.94. The lowest BCUT2D eigenvalue weighted by Gasteiger charge is -2.26. The Hall–Kier alpha value is -0.450. The molecular formula is C11H18N2OS. The molecule has 2 atom stereocenters. The highest BCUT2D eigenvalue weighted by atomic mass is 32.1. The number of thiazole rings is 1. The first-order valence-electron chi connectivity index (χ1n) is 5.52. The van der Waals surface area contributed by atoms with Crippen LogP contribution in [0.25, 0.3) is 0 Å². The summed E-state index contributed by atoms with van der Waals surface area (Å²) in [6.07, 6.45) is 4.84. The molecule has 0 saturated heterocycles. The highest BCUT2D eigenvalue weighted by molar-refractivity contribution is 7.09. The largest absolute Gasteiger partial charge is 0.372 e. The SMILES string of the molecule is Cc1nc(COC2CCCC(N)C2)cs1. The van der Waals surface area contributed by atoms with E-state index in [9.17, 15) is 0 Å². The standard InChI is InChI=1S/C11H18N2OS/c1-8-13-10(7-15-8)6-14-11-4-2-3-9(12)5-11/h7,9,11H,2-6,12H2,1H3. The highest BCUT2D eigenvalue weighted by Crippen LogP contribution is 2.21. The fourth-order valence-electron chi connectivity index (χ4n) is 2.01. The van der Waals surface area contributed by atoms with Crippen LogP contribution in [0.1, 0.15) is 36.4 Å². The van der Waals surface area contributed by atoms with Crippen LogP contribution in [0.5, 0.6) is 0 Å². The second-order valence-electron chi connectivity index (χ2n) is 4.22. The number of hydrogen-bond donors (Lipinski definition) is 1. The van der Waals surface area contributed by atoms with Gasteiger partial charge in [-0.25, -0.2) is 4.98 Å². The van der Waals surface area contributed by atoms with Gasteiger partial charge in [-0.1, -0.05) is 0 Å². The van der Waals surface area contributed by atoms with Crippen LogP contribution in [-0.4, -0.2) is 17.1 Å². The number of aryl methyl sites for hydroxylation is 1. The van der Waals surface area contributed by atoms with Gasteiger partial charge in [0.05, 0.1) is 23.4 Å². The molecule has 1 aromatic rings. The summed E-state index contributed by atoms with van der Waals surface area (Å²) in [5, 5.41) is 3.17. The van der Waals surface area contributed by atoms with E-state index in [1.807, 2.05) is 6.92 Å². The van der Waals surface area contributed by atoms with Crippen molar-refractivity contribution in [1.82, 2.24) is 4.98 Å². The molecule has 2 rings (SSSR count). The number of nitrogens with two attached hydrogens (primary N) is 1. The Morgan fingerprint density at radius 1 is 1.60 bits per heavy atom. The van der Waals surface area contributed by atoms with E-state index in [1.54, 1.807) is 11.3 Å². The van der Waals surface area contributed by atoms with E-state index in [1.165, 1.54) is 6.42 Å². The first-order valence-corrected chi connectivity index (χ1v) is 6.40. The van der Waals surface area contributed by atoms with Crippen LogP contribution in [0.4, 0.5) is 0 Å². The Morgan fingerprint density at radius 3 is 3.13 bits per heavy atom. The van der Waals surface area contributed by atoms with Crippen LogP contribution in [0.15, 0.2) is 5.38 Å². The van der Waals surface area contributed by atoms with Crippen molar-refractivity contribution < 1.29 is 4.74 Å². The topological polar surface area (TPSA) is 48.1 Å². The van der Waals surface area contributed by atoms with Crippen LogP contribution < -0.4 is 5.73 Å². The molecule has 4 heteroatoms. The summed E-state index contributed by atoms with van der Waals surface area (Å²) in [7, 11) is 0. The van der Waals surface area contributed by atoms with Crippen LogP contribution in [0.3, 0.4) is 0 Å². The first kappa shape index (κ1) is 11.0. The monoisotopic (exact) mass is 226 g/mol. The molecule has 0 amide bonds. The summed E-state index contributed by atoms with van der Waals surface area (Å²) in [4.78, 5) is 4.38. The van der Waals surface area contributed by atoms with Crippen LogP contribution in [-0.2, 0) is 11.3 Å². The summed E-state index contributed by atoms with van der Waals surface area (Å²) in [6, 6.07) is 0.334. The maximum absolute atomic E-state index is 5.90. The van der Waals surface area contributed by atoms with Gasteiger partial charge < -0.3 is 10.5 Å². The molecule has 1 aromatic heterocycles. The third-order valence-electron chi connectivity index (χ3n) is 2.80. The maximum Gasteiger partial charge on any atom is 0.0900 e. The molecule has 2 unspecified atom stereocenters. The Morgan fingerprint density at radius 2 is 2.47 bits per heavy atom. The molecule has 1 aliphatic carbocycles. The second kappa shape index (κ2) is 5.05. The zero-order valence-corrected chi connectivity index (χ0v) is 9.93. The second-order valence-corrected chi connectivity index (χ2v) is 5.28. The van der Waals surface area contributed by atoms with E-state index in [4.69, 9.17) is 10.5 Å². The van der Waals surface area contributed by atoms with E-state index in [-0.39, 0.29) is 0 Å². The lowest BCUT2D eigenvalue weighted by Crippen LogP contribution is -2.32. The fourth-order valence-corrected chi connectivity index (χ4v) is 2.61. The third-order valence-corrected chi connectivity index (χ3v) is 3.62. The Bertz CT molecular complexity index is 313. The predicted octanol–water partition coefficient (Wildman–Crippen LogP) is 2.24. The summed E-state index contributed by atoms with van der Waals surface area (Å²) in [6.45, 7) is 2.66. The van der Waals surface area contributed by atoms with Crippen molar-refractivity contribution in [2.75, 3.05) is 0 Å². The smallest absolute Gasteiger partial charge is 0.0900 e. The van der Waals surface area contributed by atoms with Gasteiger partial charge >= 0.3 is 0 Å². The number of rotatable bonds is 3. The zero-order chi connectivity index (χ0) is 10.7. The molecule has 0 radical (unpaired) electrons. The van der Waals surface area contributed by atoms with E-state index < -0.39 is 0 Å². The Labute approximate surface area is 94.7 Å². The van der Waals surface area contributed by atoms with Crippen LogP contribution in [0, 0.1) is 6.92 Å². The van der Waals surface area contributed by atoms with Crippen molar-refractivity contribution in [1.29, 1.82) is 0 Å². The minimum absolute atomic E-state index is 0.334. The Kier molecular flexibility index (Phi) is 3.72.